The summed E-state index contributed by atoms with van der Waals surface area (Å²) in [6, 6.07) is 6.54. The molecule has 4 heteroatoms. The molecule has 1 heterocycles. The lowest BCUT2D eigenvalue weighted by Crippen LogP contribution is -2.52. The number of rotatable bonds is 2. The Hall–Kier alpha value is -1.58. The summed E-state index contributed by atoms with van der Waals surface area (Å²) in [5, 5.41) is 0. The fourth-order valence-electron chi connectivity index (χ4n) is 2.13. The number of likely N-dealkylation sites (tertiary alicyclic amines) is 1. The van der Waals surface area contributed by atoms with Crippen LogP contribution in [0.5, 0.6) is 0 Å². The van der Waals surface area contributed by atoms with Crippen molar-refractivity contribution in [3.63, 3.8) is 0 Å². The largest absolute Gasteiger partial charge is 0.444 e. The Balaban J connectivity index is 0.00000106. The van der Waals surface area contributed by atoms with Gasteiger partial charge in [0.05, 0.1) is 0 Å². The highest BCUT2D eigenvalue weighted by Gasteiger charge is 2.33. The smallest absolute Gasteiger partial charge is 0.410 e. The van der Waals surface area contributed by atoms with Gasteiger partial charge in [-0.2, -0.15) is 0 Å². The summed E-state index contributed by atoms with van der Waals surface area (Å²) in [4.78, 5) is 13.4. The van der Waals surface area contributed by atoms with Gasteiger partial charge in [0.2, 0.25) is 0 Å². The fourth-order valence-corrected chi connectivity index (χ4v) is 2.13. The SMILES string of the molecule is CC.CC(C)(C)OC(=O)N1CC(Cc2ccc(F)cc2)C1. The topological polar surface area (TPSA) is 29.5 Å². The van der Waals surface area contributed by atoms with Crippen molar-refractivity contribution in [3.8, 4) is 0 Å². The lowest BCUT2D eigenvalue weighted by atomic mass is 9.92. The van der Waals surface area contributed by atoms with Gasteiger partial charge in [-0.3, -0.25) is 0 Å². The summed E-state index contributed by atoms with van der Waals surface area (Å²) in [5.74, 6) is 0.228. The second kappa shape index (κ2) is 7.43. The number of ether oxygens (including phenoxy) is 1. The molecule has 0 aromatic heterocycles. The first-order valence-electron chi connectivity index (χ1n) is 7.56. The van der Waals surface area contributed by atoms with E-state index in [0.717, 1.165) is 12.0 Å². The monoisotopic (exact) mass is 295 g/mol. The molecule has 0 saturated carbocycles. The molecule has 1 fully saturated rings. The Morgan fingerprint density at radius 3 is 2.24 bits per heavy atom. The van der Waals surface area contributed by atoms with Crippen LogP contribution in [0.2, 0.25) is 0 Å². The summed E-state index contributed by atoms with van der Waals surface area (Å²) in [6.45, 7) is 11.0. The van der Waals surface area contributed by atoms with E-state index in [0.29, 0.717) is 19.0 Å². The van der Waals surface area contributed by atoms with Crippen molar-refractivity contribution in [3.05, 3.63) is 35.6 Å². The first kappa shape index (κ1) is 17.5. The molecule has 0 unspecified atom stereocenters. The van der Waals surface area contributed by atoms with Crippen molar-refractivity contribution in [1.29, 1.82) is 0 Å². The van der Waals surface area contributed by atoms with Crippen molar-refractivity contribution in [2.75, 3.05) is 13.1 Å². The zero-order chi connectivity index (χ0) is 16.0. The van der Waals surface area contributed by atoms with E-state index in [1.807, 2.05) is 34.6 Å². The molecule has 0 N–H and O–H groups in total. The highest BCUT2D eigenvalue weighted by molar-refractivity contribution is 5.69. The third-order valence-corrected chi connectivity index (χ3v) is 3.05. The second-order valence-electron chi connectivity index (χ2n) is 6.08. The number of hydrogen-bond donors (Lipinski definition) is 0. The van der Waals surface area contributed by atoms with E-state index in [-0.39, 0.29) is 11.9 Å². The minimum Gasteiger partial charge on any atom is -0.444 e. The Morgan fingerprint density at radius 2 is 1.76 bits per heavy atom. The van der Waals surface area contributed by atoms with Gasteiger partial charge in [0.15, 0.2) is 0 Å². The predicted octanol–water partition coefficient (Wildman–Crippen LogP) is 4.26. The van der Waals surface area contributed by atoms with Gasteiger partial charge >= 0.3 is 6.09 Å². The molecular weight excluding hydrogens is 269 g/mol. The summed E-state index contributed by atoms with van der Waals surface area (Å²) >= 11 is 0. The first-order chi connectivity index (χ1) is 9.83. The predicted molar refractivity (Wildman–Crippen MR) is 82.7 cm³/mol. The molecular formula is C17H26FNO2. The summed E-state index contributed by atoms with van der Waals surface area (Å²) < 4.78 is 18.1. The molecule has 0 spiro atoms. The number of amides is 1. The van der Waals surface area contributed by atoms with Crippen LogP contribution in [0.1, 0.15) is 40.2 Å². The lowest BCUT2D eigenvalue weighted by molar-refractivity contribution is -0.000878. The van der Waals surface area contributed by atoms with Crippen LogP contribution in [0.15, 0.2) is 24.3 Å². The maximum absolute atomic E-state index is 12.8. The van der Waals surface area contributed by atoms with E-state index in [9.17, 15) is 9.18 Å². The number of hydrogen-bond acceptors (Lipinski definition) is 2. The van der Waals surface area contributed by atoms with Crippen molar-refractivity contribution < 1.29 is 13.9 Å². The molecule has 1 aliphatic rings. The molecule has 1 aromatic rings. The van der Waals surface area contributed by atoms with Gasteiger partial charge < -0.3 is 9.64 Å². The van der Waals surface area contributed by atoms with Crippen LogP contribution in [0.3, 0.4) is 0 Å². The van der Waals surface area contributed by atoms with Gasteiger partial charge in [0.1, 0.15) is 11.4 Å². The van der Waals surface area contributed by atoms with Crippen LogP contribution in [0, 0.1) is 11.7 Å². The molecule has 3 nitrogen and oxygen atoms in total. The van der Waals surface area contributed by atoms with Gasteiger partial charge in [-0.25, -0.2) is 9.18 Å². The quantitative estimate of drug-likeness (QED) is 0.816. The summed E-state index contributed by atoms with van der Waals surface area (Å²) in [5.41, 5.74) is 0.661. The average molecular weight is 295 g/mol. The summed E-state index contributed by atoms with van der Waals surface area (Å²) in [6.07, 6.45) is 0.627. The molecule has 1 saturated heterocycles. The minimum atomic E-state index is -0.445. The third-order valence-electron chi connectivity index (χ3n) is 3.05. The maximum Gasteiger partial charge on any atom is 0.410 e. The van der Waals surface area contributed by atoms with Crippen LogP contribution in [0.25, 0.3) is 0 Å². The number of carbonyl (C=O) groups excluding carboxylic acids is 1. The number of nitrogens with zero attached hydrogens (tertiary/aromatic N) is 1. The van der Waals surface area contributed by atoms with Crippen LogP contribution in [-0.4, -0.2) is 29.7 Å². The van der Waals surface area contributed by atoms with Crippen molar-refractivity contribution >= 4 is 6.09 Å². The van der Waals surface area contributed by atoms with E-state index >= 15 is 0 Å². The van der Waals surface area contributed by atoms with E-state index in [2.05, 4.69) is 0 Å². The van der Waals surface area contributed by atoms with Crippen LogP contribution in [0.4, 0.5) is 9.18 Å². The molecule has 1 aromatic carbocycles. The fraction of sp³-hybridized carbons (Fsp3) is 0.588. The normalized spacial score (nSPS) is 14.9. The Bertz CT molecular complexity index is 445. The summed E-state index contributed by atoms with van der Waals surface area (Å²) in [7, 11) is 0. The standard InChI is InChI=1S/C15H20FNO2.C2H6/c1-15(2,3)19-14(18)17-9-12(10-17)8-11-4-6-13(16)7-5-11;1-2/h4-7,12H,8-10H2,1-3H3;1-2H3. The van der Waals surface area contributed by atoms with Crippen LogP contribution >= 0.6 is 0 Å². The molecule has 1 aliphatic heterocycles. The zero-order valence-corrected chi connectivity index (χ0v) is 13.6. The number of carbonyl (C=O) groups is 1. The first-order valence-corrected chi connectivity index (χ1v) is 7.56. The van der Waals surface area contributed by atoms with Gasteiger partial charge in [-0.05, 0) is 50.8 Å². The second-order valence-corrected chi connectivity index (χ2v) is 6.08. The van der Waals surface area contributed by atoms with Crippen molar-refractivity contribution in [1.82, 2.24) is 4.90 Å². The Kier molecular flexibility index (Phi) is 6.19. The molecule has 21 heavy (non-hydrogen) atoms. The molecule has 0 radical (unpaired) electrons. The molecule has 0 bridgehead atoms. The van der Waals surface area contributed by atoms with Gasteiger partial charge in [-0.15, -0.1) is 0 Å². The number of halogens is 1. The van der Waals surface area contributed by atoms with Gasteiger partial charge in [0.25, 0.3) is 0 Å². The van der Waals surface area contributed by atoms with E-state index in [4.69, 9.17) is 4.74 Å². The lowest BCUT2D eigenvalue weighted by Gasteiger charge is -2.39. The molecule has 1 amide bonds. The number of benzene rings is 1. The van der Waals surface area contributed by atoms with Crippen LogP contribution in [-0.2, 0) is 11.2 Å². The van der Waals surface area contributed by atoms with E-state index in [1.54, 1.807) is 17.0 Å². The van der Waals surface area contributed by atoms with Crippen molar-refractivity contribution in [2.45, 2.75) is 46.6 Å². The Labute approximate surface area is 127 Å². The molecule has 0 aliphatic carbocycles. The van der Waals surface area contributed by atoms with Gasteiger partial charge in [-0.1, -0.05) is 26.0 Å². The van der Waals surface area contributed by atoms with E-state index in [1.165, 1.54) is 12.1 Å². The molecule has 0 atom stereocenters. The van der Waals surface area contributed by atoms with E-state index < -0.39 is 5.60 Å². The highest BCUT2D eigenvalue weighted by Crippen LogP contribution is 2.23. The molecule has 118 valence electrons. The highest BCUT2D eigenvalue weighted by atomic mass is 19.1. The zero-order valence-electron chi connectivity index (χ0n) is 13.6. The van der Waals surface area contributed by atoms with Crippen molar-refractivity contribution in [2.24, 2.45) is 5.92 Å². The average Bonchev–Trinajstić information content (AvgIpc) is 2.35. The Morgan fingerprint density at radius 1 is 1.24 bits per heavy atom. The minimum absolute atomic E-state index is 0.215. The van der Waals surface area contributed by atoms with Crippen LogP contribution < -0.4 is 0 Å². The molecule has 2 rings (SSSR count). The third kappa shape index (κ3) is 5.74. The van der Waals surface area contributed by atoms with Gasteiger partial charge in [0, 0.05) is 13.1 Å². The maximum atomic E-state index is 12.8.